The van der Waals surface area contributed by atoms with Crippen LogP contribution in [0.5, 0.6) is 0 Å². The van der Waals surface area contributed by atoms with Crippen molar-refractivity contribution in [2.45, 2.75) is 18.9 Å². The zero-order chi connectivity index (χ0) is 12.1. The van der Waals surface area contributed by atoms with E-state index in [1.54, 1.807) is 0 Å². The topological polar surface area (TPSA) is 52.6 Å². The van der Waals surface area contributed by atoms with E-state index in [9.17, 15) is 4.79 Å². The quantitative estimate of drug-likeness (QED) is 0.830. The van der Waals surface area contributed by atoms with Crippen LogP contribution in [-0.4, -0.2) is 35.7 Å². The van der Waals surface area contributed by atoms with Crippen molar-refractivity contribution < 1.29 is 9.90 Å². The number of hydrogen-bond acceptors (Lipinski definition) is 2. The number of hydrogen-bond donors (Lipinski definition) is 2. The molecule has 1 aliphatic rings. The predicted molar refractivity (Wildman–Crippen MR) is 65.6 cm³/mol. The molecule has 1 heterocycles. The Kier molecular flexibility index (Phi) is 3.98. The number of benzene rings is 1. The maximum absolute atomic E-state index is 11.8. The second-order valence-corrected chi connectivity index (χ2v) is 4.22. The fourth-order valence-corrected chi connectivity index (χ4v) is 2.23. The van der Waals surface area contributed by atoms with E-state index in [0.717, 1.165) is 6.42 Å². The van der Waals surface area contributed by atoms with Crippen molar-refractivity contribution in [3.8, 4) is 0 Å². The lowest BCUT2D eigenvalue weighted by Crippen LogP contribution is -2.48. The van der Waals surface area contributed by atoms with Crippen molar-refractivity contribution in [1.29, 1.82) is 0 Å². The molecule has 1 unspecified atom stereocenters. The van der Waals surface area contributed by atoms with Gasteiger partial charge in [0.2, 0.25) is 0 Å². The van der Waals surface area contributed by atoms with Crippen LogP contribution in [0.2, 0.25) is 0 Å². The molecule has 0 radical (unpaired) electrons. The minimum Gasteiger partial charge on any atom is -0.396 e. The van der Waals surface area contributed by atoms with Crippen molar-refractivity contribution in [3.63, 3.8) is 0 Å². The summed E-state index contributed by atoms with van der Waals surface area (Å²) in [4.78, 5) is 13.6. The van der Waals surface area contributed by atoms with Gasteiger partial charge in [-0.1, -0.05) is 30.3 Å². The fraction of sp³-hybridized carbons (Fsp3) is 0.462. The number of aliphatic hydroxyl groups excluding tert-OH is 1. The average molecular weight is 234 g/mol. The maximum atomic E-state index is 11.8. The highest BCUT2D eigenvalue weighted by atomic mass is 16.3. The normalized spacial score (nSPS) is 20.2. The van der Waals surface area contributed by atoms with Crippen molar-refractivity contribution >= 4 is 6.03 Å². The summed E-state index contributed by atoms with van der Waals surface area (Å²) in [6.45, 7) is 1.43. The minimum absolute atomic E-state index is 0.0291. The van der Waals surface area contributed by atoms with Gasteiger partial charge in [-0.3, -0.25) is 0 Å². The van der Waals surface area contributed by atoms with E-state index in [-0.39, 0.29) is 18.7 Å². The van der Waals surface area contributed by atoms with Gasteiger partial charge in [0.15, 0.2) is 0 Å². The number of carbonyl (C=O) groups is 1. The molecule has 2 N–H and O–H groups in total. The van der Waals surface area contributed by atoms with Gasteiger partial charge in [-0.15, -0.1) is 0 Å². The van der Waals surface area contributed by atoms with Gasteiger partial charge < -0.3 is 15.3 Å². The summed E-state index contributed by atoms with van der Waals surface area (Å²) in [6.07, 6.45) is 1.54. The van der Waals surface area contributed by atoms with Crippen LogP contribution in [-0.2, 0) is 0 Å². The third-order valence-corrected chi connectivity index (χ3v) is 3.07. The van der Waals surface area contributed by atoms with Crippen LogP contribution >= 0.6 is 0 Å². The monoisotopic (exact) mass is 234 g/mol. The molecule has 4 heteroatoms. The van der Waals surface area contributed by atoms with Crippen LogP contribution in [0.3, 0.4) is 0 Å². The van der Waals surface area contributed by atoms with E-state index >= 15 is 0 Å². The molecule has 1 saturated heterocycles. The zero-order valence-electron chi connectivity index (χ0n) is 9.80. The fourth-order valence-electron chi connectivity index (χ4n) is 2.23. The Morgan fingerprint density at radius 1 is 1.35 bits per heavy atom. The number of rotatable bonds is 4. The van der Waals surface area contributed by atoms with Gasteiger partial charge in [0.25, 0.3) is 0 Å². The van der Waals surface area contributed by atoms with Gasteiger partial charge in [-0.2, -0.15) is 0 Å². The first-order valence-corrected chi connectivity index (χ1v) is 6.03. The predicted octanol–water partition coefficient (Wildman–Crippen LogP) is 1.53. The molecular formula is C13H18N2O2. The standard InChI is InChI=1S/C13H18N2O2/c16-10-4-9-15-12(7-8-14-13(15)17)11-5-2-1-3-6-11/h1-3,5-6,12,16H,4,7-10H2,(H,14,17). The van der Waals surface area contributed by atoms with Crippen molar-refractivity contribution in [2.24, 2.45) is 0 Å². The lowest BCUT2D eigenvalue weighted by molar-refractivity contribution is 0.146. The smallest absolute Gasteiger partial charge is 0.317 e. The number of aliphatic hydroxyl groups is 1. The molecule has 0 aliphatic carbocycles. The van der Waals surface area contributed by atoms with Crippen LogP contribution in [0.25, 0.3) is 0 Å². The molecular weight excluding hydrogens is 216 g/mol. The highest BCUT2D eigenvalue weighted by Crippen LogP contribution is 2.26. The molecule has 2 rings (SSSR count). The Balaban J connectivity index is 2.14. The molecule has 1 aromatic rings. The van der Waals surface area contributed by atoms with E-state index in [4.69, 9.17) is 5.11 Å². The van der Waals surface area contributed by atoms with Crippen molar-refractivity contribution in [3.05, 3.63) is 35.9 Å². The van der Waals surface area contributed by atoms with E-state index in [1.807, 2.05) is 23.1 Å². The van der Waals surface area contributed by atoms with Crippen LogP contribution in [0.4, 0.5) is 4.79 Å². The van der Waals surface area contributed by atoms with Crippen LogP contribution < -0.4 is 5.32 Å². The summed E-state index contributed by atoms with van der Waals surface area (Å²) in [7, 11) is 0. The first-order chi connectivity index (χ1) is 8.33. The number of nitrogens with zero attached hydrogens (tertiary/aromatic N) is 1. The zero-order valence-corrected chi connectivity index (χ0v) is 9.80. The Bertz CT molecular complexity index is 367. The van der Waals surface area contributed by atoms with Crippen LogP contribution in [0, 0.1) is 0 Å². The molecule has 17 heavy (non-hydrogen) atoms. The SMILES string of the molecule is O=C1NCCC(c2ccccc2)N1CCCO. The molecule has 1 fully saturated rings. The van der Waals surface area contributed by atoms with Gasteiger partial charge in [0, 0.05) is 19.7 Å². The molecule has 0 bridgehead atoms. The second kappa shape index (κ2) is 5.68. The molecule has 0 spiro atoms. The highest BCUT2D eigenvalue weighted by Gasteiger charge is 2.28. The van der Waals surface area contributed by atoms with Gasteiger partial charge in [-0.25, -0.2) is 4.79 Å². The first-order valence-electron chi connectivity index (χ1n) is 6.03. The molecule has 2 amide bonds. The Morgan fingerprint density at radius 2 is 2.12 bits per heavy atom. The van der Waals surface area contributed by atoms with E-state index in [2.05, 4.69) is 17.4 Å². The summed E-state index contributed by atoms with van der Waals surface area (Å²) in [6, 6.07) is 10.2. The number of nitrogens with one attached hydrogen (secondary N) is 1. The summed E-state index contributed by atoms with van der Waals surface area (Å²) in [5.74, 6) is 0. The summed E-state index contributed by atoms with van der Waals surface area (Å²) in [5.41, 5.74) is 1.17. The van der Waals surface area contributed by atoms with Crippen molar-refractivity contribution in [1.82, 2.24) is 10.2 Å². The Labute approximate surface area is 101 Å². The van der Waals surface area contributed by atoms with Gasteiger partial charge in [-0.05, 0) is 18.4 Å². The molecule has 1 aromatic carbocycles. The molecule has 1 atom stereocenters. The maximum Gasteiger partial charge on any atom is 0.317 e. The van der Waals surface area contributed by atoms with E-state index in [0.29, 0.717) is 19.5 Å². The molecule has 0 saturated carbocycles. The first kappa shape index (κ1) is 11.9. The summed E-state index contributed by atoms with van der Waals surface area (Å²) in [5, 5.41) is 11.7. The number of urea groups is 1. The molecule has 4 nitrogen and oxygen atoms in total. The summed E-state index contributed by atoms with van der Waals surface area (Å²) < 4.78 is 0. The van der Waals surface area contributed by atoms with Crippen LogP contribution in [0.15, 0.2) is 30.3 Å². The summed E-state index contributed by atoms with van der Waals surface area (Å²) >= 11 is 0. The largest absolute Gasteiger partial charge is 0.396 e. The number of amides is 2. The number of carbonyl (C=O) groups excluding carboxylic acids is 1. The van der Waals surface area contributed by atoms with E-state index in [1.165, 1.54) is 5.56 Å². The average Bonchev–Trinajstić information content (AvgIpc) is 2.38. The van der Waals surface area contributed by atoms with Gasteiger partial charge in [0.1, 0.15) is 0 Å². The highest BCUT2D eigenvalue weighted by molar-refractivity contribution is 5.75. The third kappa shape index (κ3) is 2.77. The second-order valence-electron chi connectivity index (χ2n) is 4.22. The van der Waals surface area contributed by atoms with Crippen molar-refractivity contribution in [2.75, 3.05) is 19.7 Å². The third-order valence-electron chi connectivity index (χ3n) is 3.07. The minimum atomic E-state index is -0.0291. The Hall–Kier alpha value is -1.55. The molecule has 92 valence electrons. The van der Waals surface area contributed by atoms with E-state index < -0.39 is 0 Å². The van der Waals surface area contributed by atoms with Crippen LogP contribution in [0.1, 0.15) is 24.4 Å². The van der Waals surface area contributed by atoms with Gasteiger partial charge >= 0.3 is 6.03 Å². The van der Waals surface area contributed by atoms with Gasteiger partial charge in [0.05, 0.1) is 6.04 Å². The Morgan fingerprint density at radius 3 is 2.82 bits per heavy atom. The lowest BCUT2D eigenvalue weighted by Gasteiger charge is -2.36. The molecule has 1 aliphatic heterocycles. The molecule has 0 aromatic heterocycles. The lowest BCUT2D eigenvalue weighted by atomic mass is 10.0.